The molecule has 0 aliphatic carbocycles. The number of hydrogen-bond acceptors (Lipinski definition) is 8. The summed E-state index contributed by atoms with van der Waals surface area (Å²) < 4.78 is 5.91. The molecule has 2 fully saturated rings. The van der Waals surface area contributed by atoms with Crippen LogP contribution in [0.5, 0.6) is 5.75 Å². The van der Waals surface area contributed by atoms with Crippen molar-refractivity contribution >= 4 is 23.5 Å². The summed E-state index contributed by atoms with van der Waals surface area (Å²) in [4.78, 5) is 32.5. The van der Waals surface area contributed by atoms with Crippen LogP contribution in [0.2, 0.25) is 0 Å². The molecular formula is C23H34N6O4. The molecule has 0 spiro atoms. The molecule has 4 rings (SSSR count). The fourth-order valence-electron chi connectivity index (χ4n) is 4.35. The molecule has 0 aromatic heterocycles. The number of ether oxygens (including phenoxy) is 1. The largest absolute Gasteiger partial charge is 0.494 e. The number of aliphatic hydroxyl groups excluding tert-OH is 1. The first-order chi connectivity index (χ1) is 16.0. The van der Waals surface area contributed by atoms with E-state index in [4.69, 9.17) is 4.74 Å². The fourth-order valence-corrected chi connectivity index (χ4v) is 4.35. The van der Waals surface area contributed by atoms with Crippen LogP contribution >= 0.6 is 0 Å². The Morgan fingerprint density at radius 2 is 2.15 bits per heavy atom. The topological polar surface area (TPSA) is 119 Å². The van der Waals surface area contributed by atoms with Gasteiger partial charge in [0, 0.05) is 38.2 Å². The van der Waals surface area contributed by atoms with E-state index in [9.17, 15) is 14.7 Å². The van der Waals surface area contributed by atoms with Crippen molar-refractivity contribution in [3.05, 3.63) is 23.8 Å². The number of nitrogens with one attached hydrogen (secondary N) is 3. The highest BCUT2D eigenvalue weighted by Crippen LogP contribution is 2.31. The maximum atomic E-state index is 12.1. The molecule has 0 radical (unpaired) electrons. The van der Waals surface area contributed by atoms with Crippen molar-refractivity contribution in [3.63, 3.8) is 0 Å². The number of benzene rings is 1. The standard InChI is InChI=1S/C23H34N6O4/c1-28-10-9-24-13-20(28)26-21(31)6-4-2-3-5-11-33-17-7-8-18-16(12-17)14-29-19(15-30)22(32)27-23(29)25-18/h7-8,12,19-20,24,30H,2-6,9-11,13-15H2,1H3,(H,26,31)(H,25,27,32). The van der Waals surface area contributed by atoms with E-state index in [-0.39, 0.29) is 24.6 Å². The van der Waals surface area contributed by atoms with Crippen LogP contribution in [0.15, 0.2) is 23.2 Å². The Bertz CT molecular complexity index is 892. The van der Waals surface area contributed by atoms with Crippen molar-refractivity contribution in [2.24, 2.45) is 4.99 Å². The average Bonchev–Trinajstić information content (AvgIpc) is 3.12. The predicted octanol–water partition coefficient (Wildman–Crippen LogP) is 0.287. The molecule has 2 saturated heterocycles. The number of aliphatic hydroxyl groups is 1. The van der Waals surface area contributed by atoms with Crippen molar-refractivity contribution in [1.29, 1.82) is 0 Å². The number of likely N-dealkylation sites (N-methyl/N-ethyl adjacent to an activating group) is 1. The molecule has 180 valence electrons. The van der Waals surface area contributed by atoms with Crippen LogP contribution in [-0.2, 0) is 16.1 Å². The molecule has 3 aliphatic rings. The number of fused-ring (bicyclic) bond motifs is 2. The third-order valence-electron chi connectivity index (χ3n) is 6.38. The SMILES string of the molecule is CN1CCNCC1NC(=O)CCCCCCOc1ccc2c(c1)CN1C(=N2)NC(=O)C1CO. The molecule has 3 heterocycles. The second-order valence-electron chi connectivity index (χ2n) is 8.82. The average molecular weight is 459 g/mol. The Balaban J connectivity index is 1.13. The number of aliphatic imine (C=N–C) groups is 1. The summed E-state index contributed by atoms with van der Waals surface area (Å²) in [7, 11) is 2.04. The van der Waals surface area contributed by atoms with E-state index in [1.54, 1.807) is 4.90 Å². The van der Waals surface area contributed by atoms with E-state index < -0.39 is 6.04 Å². The van der Waals surface area contributed by atoms with Crippen molar-refractivity contribution in [3.8, 4) is 5.75 Å². The summed E-state index contributed by atoms with van der Waals surface area (Å²) >= 11 is 0. The summed E-state index contributed by atoms with van der Waals surface area (Å²) in [6, 6.07) is 5.14. The van der Waals surface area contributed by atoms with Crippen molar-refractivity contribution in [2.45, 2.75) is 50.9 Å². The zero-order valence-corrected chi connectivity index (χ0v) is 19.2. The van der Waals surface area contributed by atoms with Crippen LogP contribution in [0.3, 0.4) is 0 Å². The third kappa shape index (κ3) is 5.82. The third-order valence-corrected chi connectivity index (χ3v) is 6.38. The van der Waals surface area contributed by atoms with Crippen LogP contribution in [0.1, 0.15) is 37.7 Å². The minimum absolute atomic E-state index is 0.0882. The molecule has 1 aromatic rings. The molecule has 0 saturated carbocycles. The van der Waals surface area contributed by atoms with Gasteiger partial charge in [-0.15, -0.1) is 0 Å². The van der Waals surface area contributed by atoms with Gasteiger partial charge in [0.1, 0.15) is 11.8 Å². The minimum atomic E-state index is -0.594. The van der Waals surface area contributed by atoms with E-state index in [0.29, 0.717) is 25.5 Å². The predicted molar refractivity (Wildman–Crippen MR) is 124 cm³/mol. The van der Waals surface area contributed by atoms with E-state index in [1.165, 1.54) is 0 Å². The summed E-state index contributed by atoms with van der Waals surface area (Å²) in [5.74, 6) is 1.16. The molecule has 3 aliphatic heterocycles. The first-order valence-electron chi connectivity index (χ1n) is 11.8. The Morgan fingerprint density at radius 1 is 1.30 bits per heavy atom. The number of unbranched alkanes of at least 4 members (excludes halogenated alkanes) is 3. The van der Waals surface area contributed by atoms with Gasteiger partial charge >= 0.3 is 0 Å². The fraction of sp³-hybridized carbons (Fsp3) is 0.609. The monoisotopic (exact) mass is 458 g/mol. The highest BCUT2D eigenvalue weighted by molar-refractivity contribution is 6.07. The summed E-state index contributed by atoms with van der Waals surface area (Å²) in [5, 5.41) is 18.6. The van der Waals surface area contributed by atoms with Crippen LogP contribution in [0.4, 0.5) is 5.69 Å². The van der Waals surface area contributed by atoms with Crippen molar-refractivity contribution < 1.29 is 19.4 Å². The molecule has 4 N–H and O–H groups in total. The second-order valence-corrected chi connectivity index (χ2v) is 8.82. The Hall–Kier alpha value is -2.69. The van der Waals surface area contributed by atoms with Gasteiger partial charge in [-0.1, -0.05) is 12.8 Å². The summed E-state index contributed by atoms with van der Waals surface area (Å²) in [6.07, 6.45) is 4.45. The lowest BCUT2D eigenvalue weighted by Gasteiger charge is -2.33. The minimum Gasteiger partial charge on any atom is -0.494 e. The first kappa shape index (κ1) is 23.5. The second kappa shape index (κ2) is 11.0. The lowest BCUT2D eigenvalue weighted by atomic mass is 10.1. The smallest absolute Gasteiger partial charge is 0.251 e. The summed E-state index contributed by atoms with van der Waals surface area (Å²) in [6.45, 7) is 3.58. The maximum Gasteiger partial charge on any atom is 0.251 e. The quantitative estimate of drug-likeness (QED) is 0.372. The highest BCUT2D eigenvalue weighted by atomic mass is 16.5. The maximum absolute atomic E-state index is 12.1. The lowest BCUT2D eigenvalue weighted by Crippen LogP contribution is -2.57. The number of carbonyl (C=O) groups is 2. The van der Waals surface area contributed by atoms with E-state index in [0.717, 1.165) is 62.3 Å². The number of rotatable bonds is 10. The summed E-state index contributed by atoms with van der Waals surface area (Å²) in [5.41, 5.74) is 1.77. The van der Waals surface area contributed by atoms with E-state index in [2.05, 4.69) is 25.8 Å². The van der Waals surface area contributed by atoms with Crippen LogP contribution < -0.4 is 20.7 Å². The lowest BCUT2D eigenvalue weighted by molar-refractivity contribution is -0.123. The van der Waals surface area contributed by atoms with Crippen LogP contribution in [0, 0.1) is 0 Å². The van der Waals surface area contributed by atoms with Gasteiger partial charge in [-0.05, 0) is 38.1 Å². The molecule has 0 bridgehead atoms. The molecule has 10 nitrogen and oxygen atoms in total. The zero-order chi connectivity index (χ0) is 23.2. The number of amides is 2. The Morgan fingerprint density at radius 3 is 2.97 bits per heavy atom. The molecule has 2 unspecified atom stereocenters. The Labute approximate surface area is 194 Å². The Kier molecular flexibility index (Phi) is 7.79. The van der Waals surface area contributed by atoms with Gasteiger partial charge in [-0.2, -0.15) is 0 Å². The van der Waals surface area contributed by atoms with E-state index >= 15 is 0 Å². The van der Waals surface area contributed by atoms with Gasteiger partial charge in [0.05, 0.1) is 25.1 Å². The van der Waals surface area contributed by atoms with Crippen molar-refractivity contribution in [1.82, 2.24) is 25.8 Å². The van der Waals surface area contributed by atoms with Crippen LogP contribution in [0.25, 0.3) is 0 Å². The first-order valence-corrected chi connectivity index (χ1v) is 11.8. The zero-order valence-electron chi connectivity index (χ0n) is 19.2. The molecule has 1 aromatic carbocycles. The van der Waals surface area contributed by atoms with Gasteiger partial charge in [0.15, 0.2) is 0 Å². The highest BCUT2D eigenvalue weighted by Gasteiger charge is 2.38. The number of piperazine rings is 1. The van der Waals surface area contributed by atoms with Crippen molar-refractivity contribution in [2.75, 3.05) is 39.9 Å². The molecule has 10 heteroatoms. The molecular weight excluding hydrogens is 424 g/mol. The van der Waals surface area contributed by atoms with Gasteiger partial charge in [0.2, 0.25) is 11.9 Å². The normalized spacial score (nSPS) is 22.3. The van der Waals surface area contributed by atoms with Gasteiger partial charge in [-0.25, -0.2) is 4.99 Å². The van der Waals surface area contributed by atoms with E-state index in [1.807, 2.05) is 25.2 Å². The number of hydrogen-bond donors (Lipinski definition) is 4. The molecule has 2 amide bonds. The van der Waals surface area contributed by atoms with Gasteiger partial charge in [-0.3, -0.25) is 19.8 Å². The molecule has 2 atom stereocenters. The number of carbonyl (C=O) groups excluding carboxylic acids is 2. The number of guanidine groups is 1. The van der Waals surface area contributed by atoms with Gasteiger partial charge in [0.25, 0.3) is 5.91 Å². The number of nitrogens with zero attached hydrogens (tertiary/aromatic N) is 3. The van der Waals surface area contributed by atoms with Gasteiger partial charge < -0.3 is 25.4 Å². The molecule has 33 heavy (non-hydrogen) atoms. The van der Waals surface area contributed by atoms with Crippen LogP contribution in [-0.4, -0.2) is 84.8 Å².